The SMILES string of the molecule is CCC1CNC2(CCCCC2)CN1Cc1ncccn1. The monoisotopic (exact) mass is 274 g/mol. The Hall–Kier alpha value is -1.00. The Labute approximate surface area is 122 Å². The van der Waals surface area contributed by atoms with E-state index in [-0.39, 0.29) is 0 Å². The lowest BCUT2D eigenvalue weighted by Crippen LogP contribution is -2.64. The van der Waals surface area contributed by atoms with Gasteiger partial charge in [0.25, 0.3) is 0 Å². The van der Waals surface area contributed by atoms with Crippen molar-refractivity contribution in [1.29, 1.82) is 0 Å². The summed E-state index contributed by atoms with van der Waals surface area (Å²) in [5, 5.41) is 3.87. The molecule has 4 nitrogen and oxygen atoms in total. The maximum atomic E-state index is 4.40. The van der Waals surface area contributed by atoms with Crippen molar-refractivity contribution in [2.75, 3.05) is 13.1 Å². The third-order valence-corrected chi connectivity index (χ3v) is 4.98. The molecule has 110 valence electrons. The van der Waals surface area contributed by atoms with Crippen molar-refractivity contribution in [3.8, 4) is 0 Å². The molecule has 1 aromatic rings. The van der Waals surface area contributed by atoms with Crippen LogP contribution in [0.1, 0.15) is 51.3 Å². The zero-order valence-electron chi connectivity index (χ0n) is 12.5. The summed E-state index contributed by atoms with van der Waals surface area (Å²) in [5.41, 5.74) is 0.360. The second-order valence-electron chi connectivity index (χ2n) is 6.35. The number of piperazine rings is 1. The van der Waals surface area contributed by atoms with Gasteiger partial charge in [-0.05, 0) is 25.3 Å². The van der Waals surface area contributed by atoms with E-state index in [9.17, 15) is 0 Å². The second kappa shape index (κ2) is 6.19. The zero-order valence-corrected chi connectivity index (χ0v) is 12.5. The van der Waals surface area contributed by atoms with Gasteiger partial charge in [0.05, 0.1) is 6.54 Å². The average molecular weight is 274 g/mol. The summed E-state index contributed by atoms with van der Waals surface area (Å²) in [4.78, 5) is 11.4. The summed E-state index contributed by atoms with van der Waals surface area (Å²) in [6, 6.07) is 2.51. The van der Waals surface area contributed by atoms with Crippen LogP contribution in [0, 0.1) is 0 Å². The Bertz CT molecular complexity index is 414. The molecule has 20 heavy (non-hydrogen) atoms. The largest absolute Gasteiger partial charge is 0.308 e. The highest BCUT2D eigenvalue weighted by Gasteiger charge is 2.39. The van der Waals surface area contributed by atoms with Crippen LogP contribution in [0.3, 0.4) is 0 Å². The van der Waals surface area contributed by atoms with Crippen LogP contribution >= 0.6 is 0 Å². The zero-order chi connectivity index (χ0) is 13.8. The van der Waals surface area contributed by atoms with Crippen LogP contribution in [-0.2, 0) is 6.54 Å². The fourth-order valence-electron chi connectivity index (χ4n) is 3.78. The molecule has 1 aliphatic carbocycles. The molecule has 0 amide bonds. The molecule has 2 aliphatic rings. The Kier molecular flexibility index (Phi) is 4.32. The molecule has 1 saturated heterocycles. The molecule has 2 fully saturated rings. The molecule has 2 heterocycles. The Morgan fingerprint density at radius 1 is 1.25 bits per heavy atom. The molecule has 0 radical (unpaired) electrons. The van der Waals surface area contributed by atoms with Crippen molar-refractivity contribution in [3.63, 3.8) is 0 Å². The number of aromatic nitrogens is 2. The third-order valence-electron chi connectivity index (χ3n) is 4.98. The molecule has 1 unspecified atom stereocenters. The first kappa shape index (κ1) is 14.0. The first-order valence-electron chi connectivity index (χ1n) is 8.06. The van der Waals surface area contributed by atoms with Gasteiger partial charge in [-0.1, -0.05) is 26.2 Å². The van der Waals surface area contributed by atoms with Gasteiger partial charge in [0, 0.05) is 37.1 Å². The molecule has 1 spiro atoms. The fraction of sp³-hybridized carbons (Fsp3) is 0.750. The highest BCUT2D eigenvalue weighted by molar-refractivity contribution is 5.01. The maximum absolute atomic E-state index is 4.40. The number of rotatable bonds is 3. The Morgan fingerprint density at radius 2 is 2.00 bits per heavy atom. The molecule has 1 aromatic heterocycles. The fourth-order valence-corrected chi connectivity index (χ4v) is 3.78. The topological polar surface area (TPSA) is 41.0 Å². The molecule has 4 heteroatoms. The van der Waals surface area contributed by atoms with Gasteiger partial charge in [-0.2, -0.15) is 0 Å². The number of nitrogens with zero attached hydrogens (tertiary/aromatic N) is 3. The summed E-state index contributed by atoms with van der Waals surface area (Å²) in [7, 11) is 0. The molecule has 1 aliphatic heterocycles. The predicted octanol–water partition coefficient (Wildman–Crippen LogP) is 2.36. The van der Waals surface area contributed by atoms with Gasteiger partial charge in [-0.3, -0.25) is 4.90 Å². The summed E-state index contributed by atoms with van der Waals surface area (Å²) in [6.45, 7) is 5.44. The van der Waals surface area contributed by atoms with E-state index in [0.29, 0.717) is 11.6 Å². The van der Waals surface area contributed by atoms with E-state index in [2.05, 4.69) is 27.1 Å². The highest BCUT2D eigenvalue weighted by Crippen LogP contribution is 2.32. The molecule has 3 rings (SSSR count). The van der Waals surface area contributed by atoms with E-state index in [1.807, 2.05) is 18.5 Å². The summed E-state index contributed by atoms with van der Waals surface area (Å²) < 4.78 is 0. The van der Waals surface area contributed by atoms with Crippen LogP contribution in [-0.4, -0.2) is 39.5 Å². The van der Waals surface area contributed by atoms with Crippen molar-refractivity contribution in [2.45, 2.75) is 63.6 Å². The van der Waals surface area contributed by atoms with Crippen molar-refractivity contribution in [3.05, 3.63) is 24.3 Å². The van der Waals surface area contributed by atoms with Gasteiger partial charge in [0.2, 0.25) is 0 Å². The number of hydrogen-bond donors (Lipinski definition) is 1. The number of nitrogens with one attached hydrogen (secondary N) is 1. The van der Waals surface area contributed by atoms with Crippen LogP contribution in [0.4, 0.5) is 0 Å². The van der Waals surface area contributed by atoms with Crippen LogP contribution in [0.2, 0.25) is 0 Å². The van der Waals surface area contributed by atoms with E-state index in [4.69, 9.17) is 0 Å². The summed E-state index contributed by atoms with van der Waals surface area (Å²) in [5.74, 6) is 0.957. The van der Waals surface area contributed by atoms with Gasteiger partial charge in [-0.25, -0.2) is 9.97 Å². The molecule has 1 saturated carbocycles. The molecule has 0 bridgehead atoms. The first-order valence-corrected chi connectivity index (χ1v) is 8.06. The number of hydrogen-bond acceptors (Lipinski definition) is 4. The van der Waals surface area contributed by atoms with Gasteiger partial charge in [0.15, 0.2) is 0 Å². The van der Waals surface area contributed by atoms with Crippen molar-refractivity contribution < 1.29 is 0 Å². The molecular formula is C16H26N4. The van der Waals surface area contributed by atoms with Crippen molar-refractivity contribution in [2.24, 2.45) is 0 Å². The molecule has 0 aromatic carbocycles. The minimum Gasteiger partial charge on any atom is -0.308 e. The minimum absolute atomic E-state index is 0.360. The molecular weight excluding hydrogens is 248 g/mol. The highest BCUT2D eigenvalue weighted by atomic mass is 15.3. The van der Waals surface area contributed by atoms with Crippen molar-refractivity contribution in [1.82, 2.24) is 20.2 Å². The molecule has 1 atom stereocenters. The van der Waals surface area contributed by atoms with E-state index in [1.165, 1.54) is 38.5 Å². The van der Waals surface area contributed by atoms with E-state index in [0.717, 1.165) is 25.5 Å². The quantitative estimate of drug-likeness (QED) is 0.918. The third kappa shape index (κ3) is 3.01. The lowest BCUT2D eigenvalue weighted by molar-refractivity contribution is 0.0466. The lowest BCUT2D eigenvalue weighted by Gasteiger charge is -2.49. The predicted molar refractivity (Wildman–Crippen MR) is 80.3 cm³/mol. The van der Waals surface area contributed by atoms with Gasteiger partial charge in [0.1, 0.15) is 5.82 Å². The normalized spacial score (nSPS) is 26.8. The van der Waals surface area contributed by atoms with Crippen LogP contribution in [0.5, 0.6) is 0 Å². The van der Waals surface area contributed by atoms with E-state index < -0.39 is 0 Å². The van der Waals surface area contributed by atoms with Crippen molar-refractivity contribution >= 4 is 0 Å². The summed E-state index contributed by atoms with van der Waals surface area (Å²) >= 11 is 0. The van der Waals surface area contributed by atoms with E-state index >= 15 is 0 Å². The standard InChI is InChI=1S/C16H26N4/c1-2-14-11-19-16(7-4-3-5-8-16)13-20(14)12-15-17-9-6-10-18-15/h6,9-10,14,19H,2-5,7-8,11-13H2,1H3. The Morgan fingerprint density at radius 3 is 2.70 bits per heavy atom. The average Bonchev–Trinajstić information content (AvgIpc) is 2.49. The lowest BCUT2D eigenvalue weighted by atomic mass is 9.79. The van der Waals surface area contributed by atoms with Gasteiger partial charge in [-0.15, -0.1) is 0 Å². The smallest absolute Gasteiger partial charge is 0.142 e. The maximum Gasteiger partial charge on any atom is 0.142 e. The minimum atomic E-state index is 0.360. The van der Waals surface area contributed by atoms with Gasteiger partial charge < -0.3 is 5.32 Å². The van der Waals surface area contributed by atoms with Crippen LogP contribution < -0.4 is 5.32 Å². The molecule has 1 N–H and O–H groups in total. The summed E-state index contributed by atoms with van der Waals surface area (Å²) in [6.07, 6.45) is 11.7. The second-order valence-corrected chi connectivity index (χ2v) is 6.35. The van der Waals surface area contributed by atoms with Crippen LogP contribution in [0.15, 0.2) is 18.5 Å². The van der Waals surface area contributed by atoms with Gasteiger partial charge >= 0.3 is 0 Å². The van der Waals surface area contributed by atoms with Crippen LogP contribution in [0.25, 0.3) is 0 Å². The first-order chi connectivity index (χ1) is 9.81. The Balaban J connectivity index is 1.71. The van der Waals surface area contributed by atoms with E-state index in [1.54, 1.807) is 0 Å².